The Hall–Kier alpha value is -0.780. The topological polar surface area (TPSA) is 63.7 Å². The Morgan fingerprint density at radius 3 is 2.12 bits per heavy atom. The van der Waals surface area contributed by atoms with Crippen LogP contribution in [-0.2, 0) is 14.6 Å². The number of carbonyl (C=O) groups is 1. The summed E-state index contributed by atoms with van der Waals surface area (Å²) in [6.45, 7) is 6.47. The zero-order valence-corrected chi connectivity index (χ0v) is 10.6. The first-order valence-electron chi connectivity index (χ1n) is 5.29. The third-order valence-electron chi connectivity index (χ3n) is 2.76. The highest BCUT2D eigenvalue weighted by Crippen LogP contribution is 2.41. The van der Waals surface area contributed by atoms with E-state index in [1.54, 1.807) is 4.90 Å². The van der Waals surface area contributed by atoms with E-state index in [1.165, 1.54) is 0 Å². The summed E-state index contributed by atoms with van der Waals surface area (Å²) in [5.41, 5.74) is -0.652. The first-order valence-corrected chi connectivity index (χ1v) is 7.11. The fraction of sp³-hybridized carbons (Fsp3) is 0.900. The molecule has 1 amide bonds. The van der Waals surface area contributed by atoms with Gasteiger partial charge in [0.15, 0.2) is 9.84 Å². The summed E-state index contributed by atoms with van der Waals surface area (Å²) in [5.74, 6) is 0.443. The molecule has 2 heterocycles. The Kier molecular flexibility index (Phi) is 2.28. The molecule has 6 heteroatoms. The van der Waals surface area contributed by atoms with Crippen LogP contribution in [0.2, 0.25) is 0 Å². The van der Waals surface area contributed by atoms with Gasteiger partial charge >= 0.3 is 6.09 Å². The number of hydrogen-bond donors (Lipinski definition) is 0. The number of sulfone groups is 1. The maximum atomic E-state index is 11.6. The van der Waals surface area contributed by atoms with Crippen LogP contribution in [0.5, 0.6) is 0 Å². The summed E-state index contributed by atoms with van der Waals surface area (Å²) in [4.78, 5) is 13.2. The molecule has 0 aliphatic carbocycles. The molecule has 0 atom stereocenters. The molecule has 0 aromatic rings. The average molecular weight is 247 g/mol. The highest BCUT2D eigenvalue weighted by atomic mass is 32.2. The molecule has 0 bridgehead atoms. The molecule has 2 aliphatic rings. The number of amides is 1. The Labute approximate surface area is 95.7 Å². The van der Waals surface area contributed by atoms with E-state index in [0.717, 1.165) is 0 Å². The maximum Gasteiger partial charge on any atom is 0.410 e. The van der Waals surface area contributed by atoms with Crippen LogP contribution in [-0.4, -0.2) is 49.6 Å². The second kappa shape index (κ2) is 3.12. The first kappa shape index (κ1) is 11.7. The van der Waals surface area contributed by atoms with Gasteiger partial charge in [-0.3, -0.25) is 0 Å². The Morgan fingerprint density at radius 2 is 1.75 bits per heavy atom. The standard InChI is InChI=1S/C10H17NO4S/c1-9(2,3)15-8(12)11-4-10(5-11)6-16(13,14)7-10/h4-7H2,1-3H3. The lowest BCUT2D eigenvalue weighted by atomic mass is 9.83. The van der Waals surface area contributed by atoms with Crippen LogP contribution in [0.3, 0.4) is 0 Å². The quantitative estimate of drug-likeness (QED) is 0.630. The maximum absolute atomic E-state index is 11.6. The van der Waals surface area contributed by atoms with Gasteiger partial charge in [0.2, 0.25) is 0 Å². The number of hydrogen-bond acceptors (Lipinski definition) is 4. The van der Waals surface area contributed by atoms with Crippen LogP contribution in [0.15, 0.2) is 0 Å². The SMILES string of the molecule is CC(C)(C)OC(=O)N1CC2(C1)CS(=O)(=O)C2. The van der Waals surface area contributed by atoms with Gasteiger partial charge < -0.3 is 9.64 Å². The van der Waals surface area contributed by atoms with Crippen molar-refractivity contribution in [1.82, 2.24) is 4.90 Å². The number of nitrogens with zero attached hydrogens (tertiary/aromatic N) is 1. The normalized spacial score (nSPS) is 25.8. The zero-order chi connectivity index (χ0) is 12.2. The fourth-order valence-electron chi connectivity index (χ4n) is 2.29. The highest BCUT2D eigenvalue weighted by molar-refractivity contribution is 7.92. The van der Waals surface area contributed by atoms with Crippen molar-refractivity contribution in [2.24, 2.45) is 5.41 Å². The lowest BCUT2D eigenvalue weighted by Gasteiger charge is -2.54. The molecule has 0 aromatic heterocycles. The molecule has 92 valence electrons. The monoisotopic (exact) mass is 247 g/mol. The van der Waals surface area contributed by atoms with E-state index in [9.17, 15) is 13.2 Å². The molecule has 0 saturated carbocycles. The van der Waals surface area contributed by atoms with Crippen molar-refractivity contribution in [2.75, 3.05) is 24.6 Å². The summed E-state index contributed by atoms with van der Waals surface area (Å²) in [6, 6.07) is 0. The van der Waals surface area contributed by atoms with Crippen molar-refractivity contribution in [3.63, 3.8) is 0 Å². The molecule has 0 unspecified atom stereocenters. The molecular weight excluding hydrogens is 230 g/mol. The molecule has 1 spiro atoms. The Balaban J connectivity index is 1.83. The summed E-state index contributed by atoms with van der Waals surface area (Å²) >= 11 is 0. The number of ether oxygens (including phenoxy) is 1. The third-order valence-corrected chi connectivity index (χ3v) is 4.86. The zero-order valence-electron chi connectivity index (χ0n) is 9.82. The minimum absolute atomic E-state index is 0.157. The molecule has 0 radical (unpaired) electrons. The number of rotatable bonds is 0. The van der Waals surface area contributed by atoms with Crippen molar-refractivity contribution in [3.8, 4) is 0 Å². The molecule has 2 aliphatic heterocycles. The minimum Gasteiger partial charge on any atom is -0.444 e. The van der Waals surface area contributed by atoms with E-state index < -0.39 is 15.4 Å². The summed E-state index contributed by atoms with van der Waals surface area (Å²) in [6.07, 6.45) is -0.345. The molecule has 0 aromatic carbocycles. The van der Waals surface area contributed by atoms with E-state index in [-0.39, 0.29) is 23.0 Å². The first-order chi connectivity index (χ1) is 7.11. The average Bonchev–Trinajstić information content (AvgIpc) is 1.90. The van der Waals surface area contributed by atoms with Crippen LogP contribution in [0.4, 0.5) is 4.79 Å². The van der Waals surface area contributed by atoms with Crippen LogP contribution >= 0.6 is 0 Å². The van der Waals surface area contributed by atoms with Gasteiger partial charge in [-0.15, -0.1) is 0 Å². The molecule has 2 saturated heterocycles. The van der Waals surface area contributed by atoms with E-state index in [0.29, 0.717) is 13.1 Å². The van der Waals surface area contributed by atoms with Gasteiger partial charge in [-0.25, -0.2) is 13.2 Å². The van der Waals surface area contributed by atoms with Gasteiger partial charge in [0.05, 0.1) is 11.5 Å². The van der Waals surface area contributed by atoms with Crippen molar-refractivity contribution >= 4 is 15.9 Å². The second-order valence-electron chi connectivity index (χ2n) is 5.87. The fourth-order valence-corrected chi connectivity index (χ4v) is 4.44. The highest BCUT2D eigenvalue weighted by Gasteiger charge is 2.57. The van der Waals surface area contributed by atoms with E-state index in [4.69, 9.17) is 4.74 Å². The van der Waals surface area contributed by atoms with E-state index >= 15 is 0 Å². The number of likely N-dealkylation sites (tertiary alicyclic amines) is 1. The Bertz CT molecular complexity index is 401. The Morgan fingerprint density at radius 1 is 1.25 bits per heavy atom. The summed E-state index contributed by atoms with van der Waals surface area (Å²) in [7, 11) is -2.81. The summed E-state index contributed by atoms with van der Waals surface area (Å²) < 4.78 is 27.3. The van der Waals surface area contributed by atoms with Crippen LogP contribution in [0.1, 0.15) is 20.8 Å². The molecule has 2 rings (SSSR count). The van der Waals surface area contributed by atoms with E-state index in [1.807, 2.05) is 20.8 Å². The van der Waals surface area contributed by atoms with Gasteiger partial charge in [-0.05, 0) is 20.8 Å². The molecular formula is C10H17NO4S. The van der Waals surface area contributed by atoms with Gasteiger partial charge in [-0.1, -0.05) is 0 Å². The van der Waals surface area contributed by atoms with Gasteiger partial charge in [0, 0.05) is 18.5 Å². The van der Waals surface area contributed by atoms with Crippen molar-refractivity contribution in [1.29, 1.82) is 0 Å². The van der Waals surface area contributed by atoms with Crippen molar-refractivity contribution < 1.29 is 17.9 Å². The third kappa shape index (κ3) is 2.16. The van der Waals surface area contributed by atoms with Crippen LogP contribution in [0.25, 0.3) is 0 Å². The van der Waals surface area contributed by atoms with Gasteiger partial charge in [0.25, 0.3) is 0 Å². The predicted octanol–water partition coefficient (Wildman–Crippen LogP) is 0.652. The molecule has 16 heavy (non-hydrogen) atoms. The van der Waals surface area contributed by atoms with Gasteiger partial charge in [0.1, 0.15) is 5.60 Å². The largest absolute Gasteiger partial charge is 0.444 e. The summed E-state index contributed by atoms with van der Waals surface area (Å²) in [5, 5.41) is 0. The van der Waals surface area contributed by atoms with Crippen LogP contribution in [0, 0.1) is 5.41 Å². The lowest BCUT2D eigenvalue weighted by Crippen LogP contribution is -2.69. The number of carbonyl (C=O) groups excluding carboxylic acids is 1. The van der Waals surface area contributed by atoms with E-state index in [2.05, 4.69) is 0 Å². The lowest BCUT2D eigenvalue weighted by molar-refractivity contribution is -0.0241. The minimum atomic E-state index is -2.81. The van der Waals surface area contributed by atoms with Crippen LogP contribution < -0.4 is 0 Å². The van der Waals surface area contributed by atoms with Crippen molar-refractivity contribution in [2.45, 2.75) is 26.4 Å². The second-order valence-corrected chi connectivity index (χ2v) is 7.93. The smallest absolute Gasteiger partial charge is 0.410 e. The predicted molar refractivity (Wildman–Crippen MR) is 58.9 cm³/mol. The van der Waals surface area contributed by atoms with Crippen molar-refractivity contribution in [3.05, 3.63) is 0 Å². The molecule has 2 fully saturated rings. The molecule has 5 nitrogen and oxygen atoms in total. The van der Waals surface area contributed by atoms with Gasteiger partial charge in [-0.2, -0.15) is 0 Å². The molecule has 0 N–H and O–H groups in total.